The van der Waals surface area contributed by atoms with E-state index in [-0.39, 0.29) is 5.78 Å². The SMILES string of the molecule is N#Cc1ccc2c(C(=O)Cc3ccc(Cl)cc3)c[nH]c2c1. The fourth-order valence-corrected chi connectivity index (χ4v) is 2.44. The molecule has 0 aliphatic rings. The average molecular weight is 295 g/mol. The third kappa shape index (κ3) is 2.67. The maximum Gasteiger partial charge on any atom is 0.169 e. The summed E-state index contributed by atoms with van der Waals surface area (Å²) in [6.07, 6.45) is 2.02. The number of aromatic nitrogens is 1. The van der Waals surface area contributed by atoms with Crippen LogP contribution in [0.25, 0.3) is 10.9 Å². The largest absolute Gasteiger partial charge is 0.360 e. The highest BCUT2D eigenvalue weighted by Gasteiger charge is 2.13. The van der Waals surface area contributed by atoms with E-state index in [4.69, 9.17) is 16.9 Å². The zero-order valence-electron chi connectivity index (χ0n) is 11.1. The third-order valence-corrected chi connectivity index (χ3v) is 3.64. The fourth-order valence-electron chi connectivity index (χ4n) is 2.31. The van der Waals surface area contributed by atoms with Crippen molar-refractivity contribution in [2.24, 2.45) is 0 Å². The molecule has 102 valence electrons. The van der Waals surface area contributed by atoms with Crippen LogP contribution in [0.4, 0.5) is 0 Å². The molecule has 3 nitrogen and oxygen atoms in total. The summed E-state index contributed by atoms with van der Waals surface area (Å²) in [4.78, 5) is 15.5. The van der Waals surface area contributed by atoms with Gasteiger partial charge in [0.15, 0.2) is 5.78 Å². The Labute approximate surface area is 126 Å². The van der Waals surface area contributed by atoms with E-state index >= 15 is 0 Å². The van der Waals surface area contributed by atoms with Crippen molar-refractivity contribution in [3.05, 3.63) is 70.4 Å². The number of Topliss-reactive ketones (excluding diaryl/α,β-unsaturated/α-hetero) is 1. The van der Waals surface area contributed by atoms with Crippen molar-refractivity contribution < 1.29 is 4.79 Å². The molecule has 0 bridgehead atoms. The highest BCUT2D eigenvalue weighted by atomic mass is 35.5. The molecule has 1 N–H and O–H groups in total. The van der Waals surface area contributed by atoms with E-state index in [2.05, 4.69) is 11.1 Å². The van der Waals surface area contributed by atoms with E-state index in [0.717, 1.165) is 16.5 Å². The molecule has 0 spiro atoms. The van der Waals surface area contributed by atoms with Crippen molar-refractivity contribution in [1.82, 2.24) is 4.98 Å². The van der Waals surface area contributed by atoms with Gasteiger partial charge in [0.05, 0.1) is 11.6 Å². The van der Waals surface area contributed by atoms with Gasteiger partial charge in [0.25, 0.3) is 0 Å². The summed E-state index contributed by atoms with van der Waals surface area (Å²) in [5, 5.41) is 10.4. The normalized spacial score (nSPS) is 10.5. The number of nitriles is 1. The first kappa shape index (κ1) is 13.4. The Kier molecular flexibility index (Phi) is 3.47. The second kappa shape index (κ2) is 5.43. The van der Waals surface area contributed by atoms with Crippen LogP contribution >= 0.6 is 11.6 Å². The predicted molar refractivity (Wildman–Crippen MR) is 82.5 cm³/mol. The van der Waals surface area contributed by atoms with E-state index < -0.39 is 0 Å². The van der Waals surface area contributed by atoms with Gasteiger partial charge in [0.2, 0.25) is 0 Å². The smallest absolute Gasteiger partial charge is 0.169 e. The Hall–Kier alpha value is -2.57. The number of nitrogens with one attached hydrogen (secondary N) is 1. The molecule has 2 aromatic carbocycles. The topological polar surface area (TPSA) is 56.6 Å². The Balaban J connectivity index is 1.91. The number of halogens is 1. The van der Waals surface area contributed by atoms with E-state index in [0.29, 0.717) is 22.6 Å². The summed E-state index contributed by atoms with van der Waals surface area (Å²) in [7, 11) is 0. The molecule has 1 aromatic heterocycles. The lowest BCUT2D eigenvalue weighted by atomic mass is 10.0. The molecule has 0 aliphatic carbocycles. The number of rotatable bonds is 3. The van der Waals surface area contributed by atoms with Crippen LogP contribution < -0.4 is 0 Å². The van der Waals surface area contributed by atoms with Crippen molar-refractivity contribution in [1.29, 1.82) is 5.26 Å². The minimum absolute atomic E-state index is 0.0354. The third-order valence-electron chi connectivity index (χ3n) is 3.39. The van der Waals surface area contributed by atoms with Crippen LogP contribution in [0, 0.1) is 11.3 Å². The number of nitrogens with zero attached hydrogens (tertiary/aromatic N) is 1. The Morgan fingerprint density at radius 2 is 1.95 bits per heavy atom. The molecule has 21 heavy (non-hydrogen) atoms. The van der Waals surface area contributed by atoms with Gasteiger partial charge in [-0.1, -0.05) is 29.8 Å². The first-order chi connectivity index (χ1) is 10.2. The van der Waals surface area contributed by atoms with Gasteiger partial charge in [-0.25, -0.2) is 0 Å². The predicted octanol–water partition coefficient (Wildman–Crippen LogP) is 4.12. The van der Waals surface area contributed by atoms with Crippen LogP contribution in [0.15, 0.2) is 48.7 Å². The van der Waals surface area contributed by atoms with Gasteiger partial charge in [-0.15, -0.1) is 0 Å². The quantitative estimate of drug-likeness (QED) is 0.739. The summed E-state index contributed by atoms with van der Waals surface area (Å²) in [6.45, 7) is 0. The summed E-state index contributed by atoms with van der Waals surface area (Å²) in [6, 6.07) is 14.6. The Bertz CT molecular complexity index is 857. The Morgan fingerprint density at radius 1 is 1.19 bits per heavy atom. The highest BCUT2D eigenvalue weighted by Crippen LogP contribution is 2.21. The molecule has 3 rings (SSSR count). The van der Waals surface area contributed by atoms with Crippen molar-refractivity contribution >= 4 is 28.3 Å². The number of benzene rings is 2. The van der Waals surface area contributed by atoms with E-state index in [1.165, 1.54) is 0 Å². The van der Waals surface area contributed by atoms with Crippen LogP contribution in [-0.2, 0) is 6.42 Å². The maximum absolute atomic E-state index is 12.4. The van der Waals surface area contributed by atoms with Crippen molar-refractivity contribution in [3.63, 3.8) is 0 Å². The number of carbonyl (C=O) groups is 1. The number of carbonyl (C=O) groups excluding carboxylic acids is 1. The molecule has 3 aromatic rings. The standard InChI is InChI=1S/C17H11ClN2O/c18-13-4-1-11(2-5-13)8-17(21)15-10-20-16-7-12(9-19)3-6-14(15)16/h1-7,10,20H,8H2. The number of aromatic amines is 1. The monoisotopic (exact) mass is 294 g/mol. The second-order valence-electron chi connectivity index (χ2n) is 4.80. The molecule has 0 fully saturated rings. The molecule has 0 saturated heterocycles. The molecule has 0 radical (unpaired) electrons. The molecule has 0 unspecified atom stereocenters. The van der Waals surface area contributed by atoms with Crippen LogP contribution in [-0.4, -0.2) is 10.8 Å². The number of ketones is 1. The van der Waals surface area contributed by atoms with Gasteiger partial charge in [0.1, 0.15) is 0 Å². The first-order valence-corrected chi connectivity index (χ1v) is 6.84. The lowest BCUT2D eigenvalue weighted by molar-refractivity contribution is 0.0994. The minimum atomic E-state index is 0.0354. The molecule has 0 aliphatic heterocycles. The number of H-pyrrole nitrogens is 1. The second-order valence-corrected chi connectivity index (χ2v) is 5.24. The molecular weight excluding hydrogens is 284 g/mol. The zero-order chi connectivity index (χ0) is 14.8. The summed E-state index contributed by atoms with van der Waals surface area (Å²) < 4.78 is 0. The van der Waals surface area contributed by atoms with Gasteiger partial charge in [-0.2, -0.15) is 5.26 Å². The van der Waals surface area contributed by atoms with Gasteiger partial charge >= 0.3 is 0 Å². The van der Waals surface area contributed by atoms with Crippen LogP contribution in [0.1, 0.15) is 21.5 Å². The van der Waals surface area contributed by atoms with Gasteiger partial charge in [-0.05, 0) is 29.8 Å². The number of fused-ring (bicyclic) bond motifs is 1. The summed E-state index contributed by atoms with van der Waals surface area (Å²) in [5.74, 6) is 0.0354. The minimum Gasteiger partial charge on any atom is -0.360 e. The Morgan fingerprint density at radius 3 is 2.67 bits per heavy atom. The van der Waals surface area contributed by atoms with Gasteiger partial charge < -0.3 is 4.98 Å². The molecule has 0 atom stereocenters. The van der Waals surface area contributed by atoms with Crippen molar-refractivity contribution in [2.75, 3.05) is 0 Å². The summed E-state index contributed by atoms with van der Waals surface area (Å²) in [5.41, 5.74) is 2.94. The maximum atomic E-state index is 12.4. The van der Waals surface area contributed by atoms with Gasteiger partial charge in [0, 0.05) is 34.1 Å². The molecule has 1 heterocycles. The van der Waals surface area contributed by atoms with E-state index in [1.54, 1.807) is 36.5 Å². The number of hydrogen-bond donors (Lipinski definition) is 1. The van der Waals surface area contributed by atoms with E-state index in [1.807, 2.05) is 12.1 Å². The lowest BCUT2D eigenvalue weighted by Crippen LogP contribution is -2.02. The van der Waals surface area contributed by atoms with Crippen LogP contribution in [0.3, 0.4) is 0 Å². The van der Waals surface area contributed by atoms with Crippen LogP contribution in [0.2, 0.25) is 5.02 Å². The highest BCUT2D eigenvalue weighted by molar-refractivity contribution is 6.30. The molecule has 0 saturated carbocycles. The average Bonchev–Trinajstić information content (AvgIpc) is 2.92. The van der Waals surface area contributed by atoms with Gasteiger partial charge in [-0.3, -0.25) is 4.79 Å². The fraction of sp³-hybridized carbons (Fsp3) is 0.0588. The zero-order valence-corrected chi connectivity index (χ0v) is 11.8. The lowest BCUT2D eigenvalue weighted by Gasteiger charge is -2.01. The first-order valence-electron chi connectivity index (χ1n) is 6.46. The summed E-state index contributed by atoms with van der Waals surface area (Å²) >= 11 is 5.84. The van der Waals surface area contributed by atoms with Crippen molar-refractivity contribution in [3.8, 4) is 6.07 Å². The van der Waals surface area contributed by atoms with E-state index in [9.17, 15) is 4.79 Å². The van der Waals surface area contributed by atoms with Crippen LogP contribution in [0.5, 0.6) is 0 Å². The number of hydrogen-bond acceptors (Lipinski definition) is 2. The van der Waals surface area contributed by atoms with Crippen molar-refractivity contribution in [2.45, 2.75) is 6.42 Å². The molecule has 4 heteroatoms. The molecular formula is C17H11ClN2O. The molecule has 0 amide bonds.